The molecule has 1 aliphatic heterocycles. The summed E-state index contributed by atoms with van der Waals surface area (Å²) in [4.78, 5) is 0. The van der Waals surface area contributed by atoms with Crippen LogP contribution in [0, 0.1) is 0 Å². The first kappa shape index (κ1) is 11.6. The topological polar surface area (TPSA) is 42.9 Å². The lowest BCUT2D eigenvalue weighted by Gasteiger charge is -2.18. The fraction of sp³-hybridized carbons (Fsp3) is 0.133. The Balaban J connectivity index is 1.69. The summed E-state index contributed by atoms with van der Waals surface area (Å²) in [5, 5.41) is 4.19. The molecule has 0 atom stereocenters. The van der Waals surface area contributed by atoms with E-state index in [2.05, 4.69) is 10.5 Å². The van der Waals surface area contributed by atoms with Crippen molar-refractivity contribution in [3.63, 3.8) is 0 Å². The van der Waals surface area contributed by atoms with Crippen LogP contribution < -0.4 is 14.9 Å². The number of hydrogen-bond donors (Lipinski definition) is 1. The molecule has 19 heavy (non-hydrogen) atoms. The Bertz CT molecular complexity index is 582. The minimum atomic E-state index is 0.593. The summed E-state index contributed by atoms with van der Waals surface area (Å²) in [6.45, 7) is 1.20. The van der Waals surface area contributed by atoms with Gasteiger partial charge in [0.05, 0.1) is 11.9 Å². The average Bonchev–Trinajstić information content (AvgIpc) is 2.48. The van der Waals surface area contributed by atoms with Crippen molar-refractivity contribution in [1.29, 1.82) is 0 Å². The highest BCUT2D eigenvalue weighted by molar-refractivity contribution is 5.81. The Labute approximate surface area is 111 Å². The number of nitrogens with one attached hydrogen (secondary N) is 1. The number of ether oxygens (including phenoxy) is 2. The molecule has 1 heterocycles. The lowest BCUT2D eigenvalue weighted by molar-refractivity contribution is 0.171. The third-order valence-corrected chi connectivity index (χ3v) is 2.75. The predicted molar refractivity (Wildman–Crippen MR) is 75.1 cm³/mol. The highest BCUT2D eigenvalue weighted by Gasteiger charge is 2.10. The zero-order chi connectivity index (χ0) is 12.9. The van der Waals surface area contributed by atoms with Crippen LogP contribution in [0.5, 0.6) is 11.5 Å². The molecule has 0 fully saturated rings. The predicted octanol–water partition coefficient (Wildman–Crippen LogP) is 2.90. The Kier molecular flexibility index (Phi) is 3.32. The number of fused-ring (bicyclic) bond motifs is 1. The van der Waals surface area contributed by atoms with Crippen LogP contribution in [0.25, 0.3) is 0 Å². The standard InChI is InChI=1S/C15H14N2O2/c1-2-4-13(5-3-1)17-16-11-12-6-7-14-15(10-12)19-9-8-18-14/h1-7,10-11,17H,8-9H2. The van der Waals surface area contributed by atoms with Crippen LogP contribution in [0.3, 0.4) is 0 Å². The minimum Gasteiger partial charge on any atom is -0.486 e. The number of benzene rings is 2. The molecule has 0 aromatic heterocycles. The highest BCUT2D eigenvalue weighted by Crippen LogP contribution is 2.30. The van der Waals surface area contributed by atoms with Crippen molar-refractivity contribution in [2.45, 2.75) is 0 Å². The molecule has 0 amide bonds. The van der Waals surface area contributed by atoms with Crippen LogP contribution in [0.15, 0.2) is 53.6 Å². The van der Waals surface area contributed by atoms with Gasteiger partial charge in [-0.25, -0.2) is 0 Å². The van der Waals surface area contributed by atoms with Gasteiger partial charge in [-0.1, -0.05) is 18.2 Å². The molecule has 2 aromatic carbocycles. The Morgan fingerprint density at radius 1 is 0.947 bits per heavy atom. The third-order valence-electron chi connectivity index (χ3n) is 2.75. The molecular weight excluding hydrogens is 240 g/mol. The fourth-order valence-electron chi connectivity index (χ4n) is 1.83. The van der Waals surface area contributed by atoms with Gasteiger partial charge in [-0.2, -0.15) is 5.10 Å². The first-order chi connectivity index (χ1) is 9.42. The van der Waals surface area contributed by atoms with E-state index in [0.717, 1.165) is 22.7 Å². The molecule has 0 unspecified atom stereocenters. The molecule has 96 valence electrons. The molecule has 1 N–H and O–H groups in total. The van der Waals surface area contributed by atoms with Crippen LogP contribution >= 0.6 is 0 Å². The first-order valence-electron chi connectivity index (χ1n) is 6.15. The van der Waals surface area contributed by atoms with E-state index >= 15 is 0 Å². The number of para-hydroxylation sites is 1. The second kappa shape index (κ2) is 5.44. The van der Waals surface area contributed by atoms with Crippen molar-refractivity contribution in [2.24, 2.45) is 5.10 Å². The number of hydrogen-bond acceptors (Lipinski definition) is 4. The fourth-order valence-corrected chi connectivity index (χ4v) is 1.83. The van der Waals surface area contributed by atoms with Gasteiger partial charge in [0, 0.05) is 0 Å². The maximum absolute atomic E-state index is 5.52. The molecule has 0 saturated heterocycles. The van der Waals surface area contributed by atoms with Crippen LogP contribution in [-0.4, -0.2) is 19.4 Å². The SMILES string of the molecule is C(=NNc1ccccc1)c1ccc2c(c1)OCCO2. The quantitative estimate of drug-likeness (QED) is 0.676. The van der Waals surface area contributed by atoms with E-state index < -0.39 is 0 Å². The van der Waals surface area contributed by atoms with Crippen molar-refractivity contribution >= 4 is 11.9 Å². The van der Waals surface area contributed by atoms with Crippen molar-refractivity contribution in [2.75, 3.05) is 18.6 Å². The van der Waals surface area contributed by atoms with Crippen molar-refractivity contribution in [3.05, 3.63) is 54.1 Å². The van der Waals surface area contributed by atoms with Gasteiger partial charge in [0.1, 0.15) is 13.2 Å². The Hall–Kier alpha value is -2.49. The summed E-state index contributed by atoms with van der Waals surface area (Å²) in [6, 6.07) is 15.6. The lowest BCUT2D eigenvalue weighted by atomic mass is 10.2. The second-order valence-corrected chi connectivity index (χ2v) is 4.14. The minimum absolute atomic E-state index is 0.593. The van der Waals surface area contributed by atoms with Gasteiger partial charge >= 0.3 is 0 Å². The number of rotatable bonds is 3. The normalized spacial score (nSPS) is 13.5. The second-order valence-electron chi connectivity index (χ2n) is 4.14. The molecule has 0 saturated carbocycles. The molecular formula is C15H14N2O2. The van der Waals surface area contributed by atoms with Crippen LogP contribution in [-0.2, 0) is 0 Å². The lowest BCUT2D eigenvalue weighted by Crippen LogP contribution is -2.15. The van der Waals surface area contributed by atoms with E-state index in [1.165, 1.54) is 0 Å². The highest BCUT2D eigenvalue weighted by atomic mass is 16.6. The summed E-state index contributed by atoms with van der Waals surface area (Å²) in [6.07, 6.45) is 1.76. The molecule has 0 bridgehead atoms. The van der Waals surface area contributed by atoms with Gasteiger partial charge in [-0.05, 0) is 35.9 Å². The third kappa shape index (κ3) is 2.85. The maximum atomic E-state index is 5.52. The largest absolute Gasteiger partial charge is 0.486 e. The van der Waals surface area contributed by atoms with Crippen molar-refractivity contribution < 1.29 is 9.47 Å². The summed E-state index contributed by atoms with van der Waals surface area (Å²) in [5.74, 6) is 1.56. The van der Waals surface area contributed by atoms with E-state index in [-0.39, 0.29) is 0 Å². The summed E-state index contributed by atoms with van der Waals surface area (Å²) in [7, 11) is 0. The number of anilines is 1. The van der Waals surface area contributed by atoms with Gasteiger partial charge in [0.25, 0.3) is 0 Å². The van der Waals surface area contributed by atoms with Gasteiger partial charge in [0.15, 0.2) is 11.5 Å². The smallest absolute Gasteiger partial charge is 0.162 e. The molecule has 4 heteroatoms. The molecule has 2 aromatic rings. The van der Waals surface area contributed by atoms with Gasteiger partial charge < -0.3 is 9.47 Å². The zero-order valence-electron chi connectivity index (χ0n) is 10.4. The van der Waals surface area contributed by atoms with Crippen LogP contribution in [0.2, 0.25) is 0 Å². The van der Waals surface area contributed by atoms with Crippen LogP contribution in [0.4, 0.5) is 5.69 Å². The van der Waals surface area contributed by atoms with Gasteiger partial charge in [0.2, 0.25) is 0 Å². The molecule has 0 aliphatic carbocycles. The van der Waals surface area contributed by atoms with E-state index in [4.69, 9.17) is 9.47 Å². The summed E-state index contributed by atoms with van der Waals surface area (Å²) in [5.41, 5.74) is 4.89. The van der Waals surface area contributed by atoms with E-state index in [0.29, 0.717) is 13.2 Å². The first-order valence-corrected chi connectivity index (χ1v) is 6.15. The molecule has 0 radical (unpaired) electrons. The summed E-state index contributed by atoms with van der Waals surface area (Å²) >= 11 is 0. The number of hydrazone groups is 1. The number of nitrogens with zero attached hydrogens (tertiary/aromatic N) is 1. The van der Waals surface area contributed by atoms with Crippen molar-refractivity contribution in [3.8, 4) is 11.5 Å². The molecule has 4 nitrogen and oxygen atoms in total. The van der Waals surface area contributed by atoms with Gasteiger partial charge in [-0.15, -0.1) is 0 Å². The monoisotopic (exact) mass is 254 g/mol. The maximum Gasteiger partial charge on any atom is 0.162 e. The van der Waals surface area contributed by atoms with E-state index in [1.807, 2.05) is 48.5 Å². The van der Waals surface area contributed by atoms with Crippen molar-refractivity contribution in [1.82, 2.24) is 0 Å². The van der Waals surface area contributed by atoms with Crippen LogP contribution in [0.1, 0.15) is 5.56 Å². The van der Waals surface area contributed by atoms with E-state index in [1.54, 1.807) is 6.21 Å². The Morgan fingerprint density at radius 3 is 2.58 bits per heavy atom. The van der Waals surface area contributed by atoms with Gasteiger partial charge in [-0.3, -0.25) is 5.43 Å². The average molecular weight is 254 g/mol. The Morgan fingerprint density at radius 2 is 1.74 bits per heavy atom. The van der Waals surface area contributed by atoms with E-state index in [9.17, 15) is 0 Å². The zero-order valence-corrected chi connectivity index (χ0v) is 10.4. The summed E-state index contributed by atoms with van der Waals surface area (Å²) < 4.78 is 11.0. The molecule has 3 rings (SSSR count). The molecule has 1 aliphatic rings. The molecule has 0 spiro atoms.